The number of nitrogens with one attached hydrogen (secondary N) is 1. The highest BCUT2D eigenvalue weighted by atomic mass is 32.2. The monoisotopic (exact) mass is 535 g/mol. The van der Waals surface area contributed by atoms with Crippen LogP contribution in [0.25, 0.3) is 0 Å². The molecular weight excluding hydrogens is 498 g/mol. The minimum absolute atomic E-state index is 0.0944. The zero-order chi connectivity index (χ0) is 27.5. The first-order chi connectivity index (χ1) is 18.3. The SMILES string of the molecule is CCCNC(=O)C(C)N(CCc1ccccc1)C(=O)CN(c1ccc(CC)cc1)S(=O)(=O)c1ccccc1. The van der Waals surface area contributed by atoms with E-state index in [4.69, 9.17) is 0 Å². The Hall–Kier alpha value is -3.65. The van der Waals surface area contributed by atoms with Gasteiger partial charge in [0.15, 0.2) is 0 Å². The molecule has 3 aromatic rings. The van der Waals surface area contributed by atoms with Gasteiger partial charge >= 0.3 is 0 Å². The highest BCUT2D eigenvalue weighted by Gasteiger charge is 2.32. The van der Waals surface area contributed by atoms with Crippen molar-refractivity contribution in [3.8, 4) is 0 Å². The maximum absolute atomic E-state index is 13.8. The number of rotatable bonds is 13. The summed E-state index contributed by atoms with van der Waals surface area (Å²) in [4.78, 5) is 28.2. The first-order valence-corrected chi connectivity index (χ1v) is 14.5. The van der Waals surface area contributed by atoms with E-state index in [1.54, 1.807) is 37.3 Å². The average molecular weight is 536 g/mol. The van der Waals surface area contributed by atoms with Gasteiger partial charge in [0.2, 0.25) is 11.8 Å². The van der Waals surface area contributed by atoms with E-state index in [0.717, 1.165) is 28.3 Å². The van der Waals surface area contributed by atoms with Crippen molar-refractivity contribution in [1.82, 2.24) is 10.2 Å². The molecule has 1 atom stereocenters. The van der Waals surface area contributed by atoms with Gasteiger partial charge in [-0.3, -0.25) is 13.9 Å². The first kappa shape index (κ1) is 28.9. The number of nitrogens with zero attached hydrogens (tertiary/aromatic N) is 2. The Morgan fingerprint density at radius 3 is 2.03 bits per heavy atom. The third kappa shape index (κ3) is 7.44. The van der Waals surface area contributed by atoms with Crippen LogP contribution in [0.3, 0.4) is 0 Å². The molecule has 38 heavy (non-hydrogen) atoms. The maximum atomic E-state index is 13.8. The van der Waals surface area contributed by atoms with Gasteiger partial charge in [-0.25, -0.2) is 8.42 Å². The number of carbonyl (C=O) groups is 2. The smallest absolute Gasteiger partial charge is 0.264 e. The van der Waals surface area contributed by atoms with E-state index >= 15 is 0 Å². The van der Waals surface area contributed by atoms with E-state index in [0.29, 0.717) is 18.7 Å². The molecule has 0 aromatic heterocycles. The van der Waals surface area contributed by atoms with Crippen molar-refractivity contribution < 1.29 is 18.0 Å². The van der Waals surface area contributed by atoms with Gasteiger partial charge in [-0.2, -0.15) is 0 Å². The van der Waals surface area contributed by atoms with E-state index in [1.807, 2.05) is 56.3 Å². The van der Waals surface area contributed by atoms with Crippen LogP contribution in [-0.4, -0.2) is 50.8 Å². The van der Waals surface area contributed by atoms with Gasteiger partial charge in [0.05, 0.1) is 10.6 Å². The molecule has 0 bridgehead atoms. The fourth-order valence-corrected chi connectivity index (χ4v) is 5.55. The van der Waals surface area contributed by atoms with Crippen molar-refractivity contribution in [2.45, 2.75) is 51.0 Å². The third-order valence-corrected chi connectivity index (χ3v) is 8.23. The molecule has 7 nitrogen and oxygen atoms in total. The third-order valence-electron chi connectivity index (χ3n) is 6.44. The molecule has 3 rings (SSSR count). The molecule has 0 radical (unpaired) electrons. The summed E-state index contributed by atoms with van der Waals surface area (Å²) in [6.07, 6.45) is 2.12. The second-order valence-corrected chi connectivity index (χ2v) is 11.0. The first-order valence-electron chi connectivity index (χ1n) is 13.1. The van der Waals surface area contributed by atoms with Gasteiger partial charge in [-0.1, -0.05) is 74.5 Å². The lowest BCUT2D eigenvalue weighted by Crippen LogP contribution is -2.52. The zero-order valence-electron chi connectivity index (χ0n) is 22.3. The summed E-state index contributed by atoms with van der Waals surface area (Å²) in [5, 5.41) is 2.85. The molecule has 2 amide bonds. The number of carbonyl (C=O) groups excluding carboxylic acids is 2. The number of hydrogen-bond acceptors (Lipinski definition) is 4. The Balaban J connectivity index is 1.95. The summed E-state index contributed by atoms with van der Waals surface area (Å²) in [7, 11) is -4.04. The van der Waals surface area contributed by atoms with Crippen LogP contribution in [0.5, 0.6) is 0 Å². The minimum Gasteiger partial charge on any atom is -0.354 e. The lowest BCUT2D eigenvalue weighted by atomic mass is 10.1. The van der Waals surface area contributed by atoms with Crippen LogP contribution in [0.4, 0.5) is 5.69 Å². The van der Waals surface area contributed by atoms with Crippen molar-refractivity contribution in [3.63, 3.8) is 0 Å². The summed E-state index contributed by atoms with van der Waals surface area (Å²) in [6, 6.07) is 24.2. The largest absolute Gasteiger partial charge is 0.354 e. The molecule has 3 aromatic carbocycles. The summed E-state index contributed by atoms with van der Waals surface area (Å²) in [5.74, 6) is -0.711. The number of hydrogen-bond donors (Lipinski definition) is 1. The molecule has 0 heterocycles. The van der Waals surface area contributed by atoms with E-state index in [-0.39, 0.29) is 17.3 Å². The predicted octanol–water partition coefficient (Wildman–Crippen LogP) is 4.43. The van der Waals surface area contributed by atoms with Crippen molar-refractivity contribution in [2.24, 2.45) is 0 Å². The molecule has 1 N–H and O–H groups in total. The van der Waals surface area contributed by atoms with Crippen LogP contribution < -0.4 is 9.62 Å². The topological polar surface area (TPSA) is 86.8 Å². The molecular formula is C30H37N3O4S. The van der Waals surface area contributed by atoms with Crippen molar-refractivity contribution in [3.05, 3.63) is 96.1 Å². The predicted molar refractivity (Wildman–Crippen MR) is 151 cm³/mol. The van der Waals surface area contributed by atoms with Crippen molar-refractivity contribution in [2.75, 3.05) is 23.9 Å². The average Bonchev–Trinajstić information content (AvgIpc) is 2.95. The Morgan fingerprint density at radius 1 is 0.842 bits per heavy atom. The highest BCUT2D eigenvalue weighted by Crippen LogP contribution is 2.25. The van der Waals surface area contributed by atoms with Crippen LogP contribution in [0.1, 0.15) is 38.3 Å². The van der Waals surface area contributed by atoms with Crippen molar-refractivity contribution >= 4 is 27.5 Å². The number of sulfonamides is 1. The molecule has 0 saturated carbocycles. The normalized spacial score (nSPS) is 12.0. The Bertz CT molecular complexity index is 1280. The number of amides is 2. The summed E-state index contributed by atoms with van der Waals surface area (Å²) in [6.45, 7) is 6.01. The second kappa shape index (κ2) is 13.8. The molecule has 8 heteroatoms. The zero-order valence-corrected chi connectivity index (χ0v) is 23.2. The maximum Gasteiger partial charge on any atom is 0.264 e. The summed E-state index contributed by atoms with van der Waals surface area (Å²) >= 11 is 0. The second-order valence-electron chi connectivity index (χ2n) is 9.13. The Kier molecular flexibility index (Phi) is 10.5. The van der Waals surface area contributed by atoms with Gasteiger partial charge in [0, 0.05) is 13.1 Å². The van der Waals surface area contributed by atoms with Gasteiger partial charge in [-0.15, -0.1) is 0 Å². The number of anilines is 1. The Labute approximate surface area is 226 Å². The number of benzene rings is 3. The van der Waals surface area contributed by atoms with Crippen LogP contribution in [0, 0.1) is 0 Å². The van der Waals surface area contributed by atoms with Crippen molar-refractivity contribution in [1.29, 1.82) is 0 Å². The Morgan fingerprint density at radius 2 is 1.45 bits per heavy atom. The molecule has 202 valence electrons. The lowest BCUT2D eigenvalue weighted by molar-refractivity contribution is -0.138. The standard InChI is InChI=1S/C30H37N3O4S/c1-4-21-31-30(35)24(3)32(22-20-26-12-8-6-9-13-26)29(34)23-33(27-18-16-25(5-2)17-19-27)38(36,37)28-14-10-7-11-15-28/h6-19,24H,4-5,20-23H2,1-3H3,(H,31,35). The van der Waals surface area contributed by atoms with Crippen LogP contribution in [0.15, 0.2) is 89.8 Å². The van der Waals surface area contributed by atoms with E-state index < -0.39 is 28.5 Å². The molecule has 0 fully saturated rings. The lowest BCUT2D eigenvalue weighted by Gasteiger charge is -2.32. The molecule has 0 saturated heterocycles. The van der Waals surface area contributed by atoms with Gasteiger partial charge in [-0.05, 0) is 61.6 Å². The molecule has 0 aliphatic rings. The number of aryl methyl sites for hydroxylation is 1. The molecule has 0 spiro atoms. The quantitative estimate of drug-likeness (QED) is 0.351. The van der Waals surface area contributed by atoms with Crippen LogP contribution in [-0.2, 0) is 32.5 Å². The van der Waals surface area contributed by atoms with Crippen LogP contribution in [0.2, 0.25) is 0 Å². The molecule has 1 unspecified atom stereocenters. The van der Waals surface area contributed by atoms with Gasteiger partial charge in [0.1, 0.15) is 12.6 Å². The van der Waals surface area contributed by atoms with Gasteiger partial charge < -0.3 is 10.2 Å². The molecule has 0 aliphatic carbocycles. The van der Waals surface area contributed by atoms with E-state index in [2.05, 4.69) is 5.32 Å². The fraction of sp³-hybridized carbons (Fsp3) is 0.333. The molecule has 0 aliphatic heterocycles. The minimum atomic E-state index is -4.04. The summed E-state index contributed by atoms with van der Waals surface area (Å²) in [5.41, 5.74) is 2.48. The van der Waals surface area contributed by atoms with E-state index in [1.165, 1.54) is 17.0 Å². The van der Waals surface area contributed by atoms with E-state index in [9.17, 15) is 18.0 Å². The fourth-order valence-electron chi connectivity index (χ4n) is 4.11. The van der Waals surface area contributed by atoms with Crippen LogP contribution >= 0.6 is 0 Å². The summed E-state index contributed by atoms with van der Waals surface area (Å²) < 4.78 is 28.6. The van der Waals surface area contributed by atoms with Gasteiger partial charge in [0.25, 0.3) is 10.0 Å². The highest BCUT2D eigenvalue weighted by molar-refractivity contribution is 7.92.